The zero-order chi connectivity index (χ0) is 18.6. The minimum atomic E-state index is -3.90. The molecule has 7 nitrogen and oxygen atoms in total. The fourth-order valence-electron chi connectivity index (χ4n) is 2.37. The van der Waals surface area contributed by atoms with Gasteiger partial charge in [-0.2, -0.15) is 0 Å². The number of sulfonamides is 1. The zero-order valence-corrected chi connectivity index (χ0v) is 15.0. The second kappa shape index (κ2) is 7.40. The van der Waals surface area contributed by atoms with Crippen LogP contribution in [0.15, 0.2) is 66.0 Å². The first kappa shape index (κ1) is 17.7. The SMILES string of the molecule is COc1ccc(OC)c(S(=O)(=O)Nc2cncc(-c3ccccn3)c2)c1. The summed E-state index contributed by atoms with van der Waals surface area (Å²) in [5.74, 6) is 0.624. The monoisotopic (exact) mass is 371 g/mol. The molecule has 0 fully saturated rings. The normalized spacial score (nSPS) is 11.0. The van der Waals surface area contributed by atoms with Gasteiger partial charge in [-0.1, -0.05) is 6.07 Å². The second-order valence-electron chi connectivity index (χ2n) is 5.30. The molecule has 0 aliphatic heterocycles. The van der Waals surface area contributed by atoms with Crippen molar-refractivity contribution in [2.45, 2.75) is 4.90 Å². The Bertz CT molecular complexity index is 1010. The molecule has 26 heavy (non-hydrogen) atoms. The molecule has 3 rings (SSSR count). The van der Waals surface area contributed by atoms with E-state index in [1.165, 1.54) is 32.5 Å². The van der Waals surface area contributed by atoms with E-state index in [9.17, 15) is 8.42 Å². The minimum absolute atomic E-state index is 0.0254. The van der Waals surface area contributed by atoms with Gasteiger partial charge in [-0.3, -0.25) is 14.7 Å². The van der Waals surface area contributed by atoms with E-state index in [4.69, 9.17) is 9.47 Å². The lowest BCUT2D eigenvalue weighted by Crippen LogP contribution is -2.14. The van der Waals surface area contributed by atoms with Crippen molar-refractivity contribution in [1.82, 2.24) is 9.97 Å². The molecule has 0 radical (unpaired) electrons. The summed E-state index contributed by atoms with van der Waals surface area (Å²) < 4.78 is 38.4. The number of hydrogen-bond donors (Lipinski definition) is 1. The van der Waals surface area contributed by atoms with Gasteiger partial charge in [-0.05, 0) is 30.3 Å². The largest absolute Gasteiger partial charge is 0.497 e. The summed E-state index contributed by atoms with van der Waals surface area (Å²) in [4.78, 5) is 8.31. The summed E-state index contributed by atoms with van der Waals surface area (Å²) in [6.07, 6.45) is 4.70. The number of nitrogens with zero attached hydrogens (tertiary/aromatic N) is 2. The first-order chi connectivity index (χ1) is 12.5. The van der Waals surface area contributed by atoms with Crippen LogP contribution in [0, 0.1) is 0 Å². The third-order valence-corrected chi connectivity index (χ3v) is 5.01. The Balaban J connectivity index is 1.96. The number of hydrogen-bond acceptors (Lipinski definition) is 6. The summed E-state index contributed by atoms with van der Waals surface area (Å²) >= 11 is 0. The lowest BCUT2D eigenvalue weighted by atomic mass is 10.2. The Labute approximate surface area is 151 Å². The van der Waals surface area contributed by atoms with Gasteiger partial charge in [0, 0.05) is 24.0 Å². The third-order valence-electron chi connectivity index (χ3n) is 3.61. The van der Waals surface area contributed by atoms with Crippen molar-refractivity contribution in [3.05, 3.63) is 61.1 Å². The number of aromatic nitrogens is 2. The van der Waals surface area contributed by atoms with Gasteiger partial charge in [0.05, 0.1) is 31.8 Å². The van der Waals surface area contributed by atoms with Crippen LogP contribution in [0.3, 0.4) is 0 Å². The van der Waals surface area contributed by atoms with Crippen molar-refractivity contribution in [2.75, 3.05) is 18.9 Å². The van der Waals surface area contributed by atoms with Crippen LogP contribution in [-0.4, -0.2) is 32.6 Å². The van der Waals surface area contributed by atoms with Crippen LogP contribution in [-0.2, 0) is 10.0 Å². The maximum absolute atomic E-state index is 12.8. The Kier molecular flexibility index (Phi) is 5.04. The van der Waals surface area contributed by atoms with Crippen molar-refractivity contribution >= 4 is 15.7 Å². The van der Waals surface area contributed by atoms with Crippen molar-refractivity contribution in [3.8, 4) is 22.8 Å². The summed E-state index contributed by atoms with van der Waals surface area (Å²) in [6.45, 7) is 0. The van der Waals surface area contributed by atoms with Crippen LogP contribution in [0.5, 0.6) is 11.5 Å². The predicted octanol–water partition coefficient (Wildman–Crippen LogP) is 2.96. The van der Waals surface area contributed by atoms with E-state index in [-0.39, 0.29) is 10.6 Å². The standard InChI is InChI=1S/C18H17N3O4S/c1-24-15-6-7-17(25-2)18(10-15)26(22,23)21-14-9-13(11-19-12-14)16-5-3-4-8-20-16/h3-12,21H,1-2H3. The number of rotatable bonds is 6. The molecule has 3 aromatic rings. The summed E-state index contributed by atoms with van der Waals surface area (Å²) in [6, 6.07) is 11.7. The first-order valence-electron chi connectivity index (χ1n) is 7.65. The highest BCUT2D eigenvalue weighted by Crippen LogP contribution is 2.30. The molecular formula is C18H17N3O4S. The van der Waals surface area contributed by atoms with Crippen LogP contribution >= 0.6 is 0 Å². The van der Waals surface area contributed by atoms with Gasteiger partial charge in [0.25, 0.3) is 10.0 Å². The van der Waals surface area contributed by atoms with Crippen molar-refractivity contribution in [2.24, 2.45) is 0 Å². The van der Waals surface area contributed by atoms with Crippen LogP contribution in [0.2, 0.25) is 0 Å². The number of nitrogens with one attached hydrogen (secondary N) is 1. The predicted molar refractivity (Wildman–Crippen MR) is 97.8 cm³/mol. The molecule has 0 aliphatic rings. The van der Waals surface area contributed by atoms with Crippen LogP contribution in [0.25, 0.3) is 11.3 Å². The van der Waals surface area contributed by atoms with Crippen molar-refractivity contribution < 1.29 is 17.9 Å². The summed E-state index contributed by atoms with van der Waals surface area (Å²) in [7, 11) is -1.03. The van der Waals surface area contributed by atoms with Crippen LogP contribution in [0.4, 0.5) is 5.69 Å². The van der Waals surface area contributed by atoms with E-state index < -0.39 is 10.0 Å². The fraction of sp³-hybridized carbons (Fsp3) is 0.111. The molecule has 0 atom stereocenters. The van der Waals surface area contributed by atoms with E-state index in [1.54, 1.807) is 30.6 Å². The van der Waals surface area contributed by atoms with Crippen molar-refractivity contribution in [3.63, 3.8) is 0 Å². The Morgan fingerprint density at radius 3 is 2.54 bits per heavy atom. The first-order valence-corrected chi connectivity index (χ1v) is 9.13. The quantitative estimate of drug-likeness (QED) is 0.716. The van der Waals surface area contributed by atoms with Gasteiger partial charge in [-0.15, -0.1) is 0 Å². The highest BCUT2D eigenvalue weighted by Gasteiger charge is 2.21. The Hall–Kier alpha value is -3.13. The number of anilines is 1. The summed E-state index contributed by atoms with van der Waals surface area (Å²) in [5, 5.41) is 0. The molecule has 0 amide bonds. The molecule has 1 N–H and O–H groups in total. The second-order valence-corrected chi connectivity index (χ2v) is 6.95. The average molecular weight is 371 g/mol. The van der Waals surface area contributed by atoms with Crippen LogP contribution < -0.4 is 14.2 Å². The molecule has 0 saturated carbocycles. The fourth-order valence-corrected chi connectivity index (χ4v) is 3.59. The van der Waals surface area contributed by atoms with Gasteiger partial charge in [0.2, 0.25) is 0 Å². The molecule has 0 bridgehead atoms. The molecule has 0 aliphatic carbocycles. The van der Waals surface area contributed by atoms with Gasteiger partial charge in [-0.25, -0.2) is 8.42 Å². The lowest BCUT2D eigenvalue weighted by Gasteiger charge is -2.13. The number of ether oxygens (including phenoxy) is 2. The molecule has 1 aromatic carbocycles. The highest BCUT2D eigenvalue weighted by atomic mass is 32.2. The van der Waals surface area contributed by atoms with E-state index in [0.717, 1.165) is 0 Å². The summed E-state index contributed by atoms with van der Waals surface area (Å²) in [5.41, 5.74) is 1.71. The Morgan fingerprint density at radius 1 is 1.00 bits per heavy atom. The zero-order valence-electron chi connectivity index (χ0n) is 14.2. The number of pyridine rings is 2. The third kappa shape index (κ3) is 3.75. The lowest BCUT2D eigenvalue weighted by molar-refractivity contribution is 0.392. The van der Waals surface area contributed by atoms with E-state index in [2.05, 4.69) is 14.7 Å². The molecule has 0 spiro atoms. The minimum Gasteiger partial charge on any atom is -0.497 e. The number of benzene rings is 1. The van der Waals surface area contributed by atoms with Gasteiger partial charge in [0.1, 0.15) is 16.4 Å². The maximum Gasteiger partial charge on any atom is 0.265 e. The van der Waals surface area contributed by atoms with E-state index in [0.29, 0.717) is 22.7 Å². The molecule has 0 unspecified atom stereocenters. The molecule has 2 heterocycles. The van der Waals surface area contributed by atoms with Crippen molar-refractivity contribution in [1.29, 1.82) is 0 Å². The van der Waals surface area contributed by atoms with Gasteiger partial charge in [0.15, 0.2) is 0 Å². The molecule has 2 aromatic heterocycles. The molecular weight excluding hydrogens is 354 g/mol. The molecule has 134 valence electrons. The molecule has 8 heteroatoms. The van der Waals surface area contributed by atoms with E-state index in [1.807, 2.05) is 12.1 Å². The highest BCUT2D eigenvalue weighted by molar-refractivity contribution is 7.92. The molecule has 0 saturated heterocycles. The van der Waals surface area contributed by atoms with Gasteiger partial charge >= 0.3 is 0 Å². The van der Waals surface area contributed by atoms with E-state index >= 15 is 0 Å². The maximum atomic E-state index is 12.8. The topological polar surface area (TPSA) is 90.4 Å². The number of methoxy groups -OCH3 is 2. The smallest absolute Gasteiger partial charge is 0.265 e. The average Bonchev–Trinajstić information content (AvgIpc) is 2.68. The Morgan fingerprint density at radius 2 is 1.85 bits per heavy atom. The van der Waals surface area contributed by atoms with Gasteiger partial charge < -0.3 is 9.47 Å². The van der Waals surface area contributed by atoms with Crippen LogP contribution in [0.1, 0.15) is 0 Å².